The summed E-state index contributed by atoms with van der Waals surface area (Å²) in [6.45, 7) is 0. The number of pyridine rings is 1. The fraction of sp³-hybridized carbons (Fsp3) is 0. The van der Waals surface area contributed by atoms with Gasteiger partial charge in [-0.3, -0.25) is 14.3 Å². The van der Waals surface area contributed by atoms with Crippen LogP contribution in [0.3, 0.4) is 0 Å². The molecule has 0 spiro atoms. The van der Waals surface area contributed by atoms with E-state index >= 15 is 0 Å². The molecule has 0 radical (unpaired) electrons. The van der Waals surface area contributed by atoms with Gasteiger partial charge in [0.15, 0.2) is 5.75 Å². The molecular formula is C11H9ClN2O3S. The van der Waals surface area contributed by atoms with Crippen molar-refractivity contribution in [3.8, 4) is 11.5 Å². The summed E-state index contributed by atoms with van der Waals surface area (Å²) < 4.78 is 27.4. The number of hydrogen-bond donors (Lipinski definition) is 2. The number of benzene rings is 1. The third-order valence-corrected chi connectivity index (χ3v) is 2.63. The van der Waals surface area contributed by atoms with Gasteiger partial charge in [-0.1, -0.05) is 17.7 Å². The van der Waals surface area contributed by atoms with Crippen molar-refractivity contribution in [1.29, 1.82) is 0 Å². The second-order valence-corrected chi connectivity index (χ2v) is 4.42. The molecule has 2 aromatic rings. The minimum Gasteiger partial charge on any atom is -0.455 e. The molecule has 0 fully saturated rings. The van der Waals surface area contributed by atoms with Crippen LogP contribution in [0.4, 0.5) is 5.69 Å². The molecule has 1 heterocycles. The monoisotopic (exact) mass is 284 g/mol. The molecule has 2 rings (SSSR count). The molecule has 2 N–H and O–H groups in total. The summed E-state index contributed by atoms with van der Waals surface area (Å²) in [7, 11) is 0. The van der Waals surface area contributed by atoms with Crippen molar-refractivity contribution >= 4 is 28.6 Å². The molecule has 1 aromatic carbocycles. The van der Waals surface area contributed by atoms with E-state index < -0.39 is 11.3 Å². The van der Waals surface area contributed by atoms with E-state index in [4.69, 9.17) is 20.9 Å². The zero-order valence-electron chi connectivity index (χ0n) is 9.04. The smallest absolute Gasteiger partial charge is 0.259 e. The molecular weight excluding hydrogens is 276 g/mol. The van der Waals surface area contributed by atoms with Gasteiger partial charge in [0, 0.05) is 17.3 Å². The Morgan fingerprint density at radius 2 is 2.22 bits per heavy atom. The van der Waals surface area contributed by atoms with E-state index in [1.807, 2.05) is 0 Å². The lowest BCUT2D eigenvalue weighted by atomic mass is 10.3. The van der Waals surface area contributed by atoms with Crippen molar-refractivity contribution in [2.75, 3.05) is 4.72 Å². The van der Waals surface area contributed by atoms with E-state index in [1.165, 1.54) is 12.4 Å². The predicted octanol–water partition coefficient (Wildman–Crippen LogP) is 3.08. The van der Waals surface area contributed by atoms with Gasteiger partial charge in [0.2, 0.25) is 0 Å². The Balaban J connectivity index is 2.26. The number of nitrogens with zero attached hydrogens (tertiary/aromatic N) is 1. The van der Waals surface area contributed by atoms with E-state index in [0.717, 1.165) is 0 Å². The number of ether oxygens (including phenoxy) is 1. The molecule has 1 atom stereocenters. The van der Waals surface area contributed by atoms with E-state index in [-0.39, 0.29) is 0 Å². The normalized spacial score (nSPS) is 11.9. The van der Waals surface area contributed by atoms with Gasteiger partial charge in [0.25, 0.3) is 11.3 Å². The molecule has 0 aliphatic rings. The van der Waals surface area contributed by atoms with Crippen molar-refractivity contribution in [1.82, 2.24) is 4.98 Å². The number of anilines is 1. The number of nitrogens with one attached hydrogen (secondary N) is 1. The minimum atomic E-state index is -2.19. The quantitative estimate of drug-likeness (QED) is 0.847. The molecule has 7 heteroatoms. The summed E-state index contributed by atoms with van der Waals surface area (Å²) in [5.74, 6) is 0.912. The summed E-state index contributed by atoms with van der Waals surface area (Å²) in [5.41, 5.74) is 0.318. The summed E-state index contributed by atoms with van der Waals surface area (Å²) in [6, 6.07) is 8.42. The Morgan fingerprint density at radius 1 is 1.39 bits per heavy atom. The zero-order valence-corrected chi connectivity index (χ0v) is 10.6. The average Bonchev–Trinajstić information content (AvgIpc) is 2.31. The summed E-state index contributed by atoms with van der Waals surface area (Å²) in [6.07, 6.45) is 2.92. The van der Waals surface area contributed by atoms with Crippen molar-refractivity contribution < 1.29 is 13.5 Å². The van der Waals surface area contributed by atoms with E-state index in [9.17, 15) is 4.21 Å². The third-order valence-electron chi connectivity index (χ3n) is 2.00. The van der Waals surface area contributed by atoms with Gasteiger partial charge in [-0.05, 0) is 18.2 Å². The van der Waals surface area contributed by atoms with Gasteiger partial charge >= 0.3 is 0 Å². The Labute approximate surface area is 111 Å². The number of aromatic nitrogens is 1. The molecule has 0 aliphatic carbocycles. The van der Waals surface area contributed by atoms with Crippen LogP contribution in [-0.4, -0.2) is 13.7 Å². The maximum absolute atomic E-state index is 10.7. The molecule has 0 saturated carbocycles. The van der Waals surface area contributed by atoms with E-state index in [2.05, 4.69) is 9.71 Å². The SMILES string of the molecule is O=S(O)Nc1cnccc1Oc1cccc(Cl)c1. The van der Waals surface area contributed by atoms with Crippen LogP contribution in [0.15, 0.2) is 42.7 Å². The Kier molecular flexibility index (Phi) is 4.14. The molecule has 0 amide bonds. The summed E-state index contributed by atoms with van der Waals surface area (Å²) in [5, 5.41) is 0.543. The number of rotatable bonds is 4. The molecule has 0 aliphatic heterocycles. The maximum Gasteiger partial charge on any atom is 0.259 e. The first kappa shape index (κ1) is 12.8. The van der Waals surface area contributed by atoms with Crippen molar-refractivity contribution in [3.05, 3.63) is 47.7 Å². The predicted molar refractivity (Wildman–Crippen MR) is 70.2 cm³/mol. The highest BCUT2D eigenvalue weighted by molar-refractivity contribution is 7.80. The molecule has 1 unspecified atom stereocenters. The standard InChI is InChI=1S/C11H9ClN2O3S/c12-8-2-1-3-9(6-8)17-11-4-5-13-7-10(11)14-18(15)16/h1-7,14H,(H,15,16). The van der Waals surface area contributed by atoms with E-state index in [1.54, 1.807) is 30.3 Å². The Morgan fingerprint density at radius 3 is 2.94 bits per heavy atom. The van der Waals surface area contributed by atoms with Crippen LogP contribution in [0, 0.1) is 0 Å². The van der Waals surface area contributed by atoms with Gasteiger partial charge in [-0.2, -0.15) is 0 Å². The molecule has 5 nitrogen and oxygen atoms in total. The topological polar surface area (TPSA) is 71.5 Å². The van der Waals surface area contributed by atoms with Gasteiger partial charge in [-0.15, -0.1) is 0 Å². The third kappa shape index (κ3) is 3.43. The Hall–Kier alpha value is -1.63. The molecule has 0 saturated heterocycles. The number of hydrogen-bond acceptors (Lipinski definition) is 3. The highest BCUT2D eigenvalue weighted by atomic mass is 35.5. The van der Waals surface area contributed by atoms with Crippen molar-refractivity contribution in [2.45, 2.75) is 0 Å². The fourth-order valence-corrected chi connectivity index (χ4v) is 1.82. The van der Waals surface area contributed by atoms with Gasteiger partial charge in [0.05, 0.1) is 6.20 Å². The average molecular weight is 285 g/mol. The largest absolute Gasteiger partial charge is 0.455 e. The second kappa shape index (κ2) is 5.81. The zero-order chi connectivity index (χ0) is 13.0. The first-order valence-corrected chi connectivity index (χ1v) is 6.38. The van der Waals surface area contributed by atoms with Crippen LogP contribution in [0.1, 0.15) is 0 Å². The lowest BCUT2D eigenvalue weighted by Gasteiger charge is -2.10. The van der Waals surface area contributed by atoms with Crippen LogP contribution in [0.5, 0.6) is 11.5 Å². The van der Waals surface area contributed by atoms with Gasteiger partial charge < -0.3 is 4.74 Å². The number of halogens is 1. The summed E-state index contributed by atoms with van der Waals surface area (Å²) >= 11 is 3.65. The van der Waals surface area contributed by atoms with Gasteiger partial charge in [-0.25, -0.2) is 4.21 Å². The molecule has 1 aromatic heterocycles. The van der Waals surface area contributed by atoms with Crippen LogP contribution < -0.4 is 9.46 Å². The molecule has 18 heavy (non-hydrogen) atoms. The highest BCUT2D eigenvalue weighted by Gasteiger charge is 2.06. The van der Waals surface area contributed by atoms with Gasteiger partial charge in [0.1, 0.15) is 11.4 Å². The maximum atomic E-state index is 10.7. The van der Waals surface area contributed by atoms with Crippen LogP contribution in [-0.2, 0) is 11.3 Å². The van der Waals surface area contributed by atoms with Crippen molar-refractivity contribution in [3.63, 3.8) is 0 Å². The van der Waals surface area contributed by atoms with Crippen molar-refractivity contribution in [2.24, 2.45) is 0 Å². The van der Waals surface area contributed by atoms with Crippen LogP contribution >= 0.6 is 11.6 Å². The molecule has 0 bridgehead atoms. The first-order valence-electron chi connectivity index (χ1n) is 4.90. The molecule has 94 valence electrons. The van der Waals surface area contributed by atoms with E-state index in [0.29, 0.717) is 22.2 Å². The lowest BCUT2D eigenvalue weighted by Crippen LogP contribution is -2.03. The minimum absolute atomic E-state index is 0.318. The fourth-order valence-electron chi connectivity index (χ4n) is 1.30. The van der Waals surface area contributed by atoms with Crippen LogP contribution in [0.2, 0.25) is 5.02 Å². The van der Waals surface area contributed by atoms with Crippen LogP contribution in [0.25, 0.3) is 0 Å². The second-order valence-electron chi connectivity index (χ2n) is 3.28. The lowest BCUT2D eigenvalue weighted by molar-refractivity contribution is 0.484. The summed E-state index contributed by atoms with van der Waals surface area (Å²) in [4.78, 5) is 3.84. The highest BCUT2D eigenvalue weighted by Crippen LogP contribution is 2.29. The Bertz CT molecular complexity index is 580. The first-order chi connectivity index (χ1) is 8.65.